The van der Waals surface area contributed by atoms with Gasteiger partial charge in [0.15, 0.2) is 0 Å². The molecule has 2 aliphatic rings. The van der Waals surface area contributed by atoms with Gasteiger partial charge in [-0.25, -0.2) is 9.18 Å². The summed E-state index contributed by atoms with van der Waals surface area (Å²) in [5.41, 5.74) is 4.07. The van der Waals surface area contributed by atoms with Crippen LogP contribution in [-0.2, 0) is 42.8 Å². The molecule has 0 saturated carbocycles. The maximum atomic E-state index is 15.0. The molecular weight excluding hydrogens is 604 g/mol. The number of likely N-dealkylation sites (tertiary alicyclic amines) is 1. The van der Waals surface area contributed by atoms with Crippen LogP contribution in [0.1, 0.15) is 52.4 Å². The summed E-state index contributed by atoms with van der Waals surface area (Å²) in [7, 11) is 1.61. The molecule has 4 aromatic rings. The number of ether oxygens (including phenoxy) is 2. The van der Waals surface area contributed by atoms with E-state index in [9.17, 15) is 22.8 Å². The maximum absolute atomic E-state index is 15.0. The second kappa shape index (κ2) is 12.5. The molecule has 0 amide bonds. The zero-order valence-corrected chi connectivity index (χ0v) is 25.2. The number of halogens is 4. The third-order valence-corrected chi connectivity index (χ3v) is 9.07. The standard InChI is InChI=1S/C34H34F4N4O4/c1-45-29-13-6-5-10-23(29)18-40-16-14-33(15-17-40)30-28(21-46-33)41(19-24-25(34(36,37)38)11-7-12-26(24)35)32(44)42(31(30)43)20-27(39)22-8-3-2-4-9-22/h2-13,27H,14-21,39H2,1H3/t27-/m0/s1. The highest BCUT2D eigenvalue weighted by Gasteiger charge is 2.47. The van der Waals surface area contributed by atoms with Crippen LogP contribution in [-0.4, -0.2) is 34.2 Å². The molecule has 0 bridgehead atoms. The summed E-state index contributed by atoms with van der Waals surface area (Å²) >= 11 is 0. The van der Waals surface area contributed by atoms with Crippen LogP contribution in [0.2, 0.25) is 0 Å². The number of rotatable bonds is 8. The van der Waals surface area contributed by atoms with Gasteiger partial charge in [0, 0.05) is 36.8 Å². The number of para-hydroxylation sites is 1. The lowest BCUT2D eigenvalue weighted by atomic mass is 9.85. The first-order valence-electron chi connectivity index (χ1n) is 15.0. The number of alkyl halides is 3. The number of nitrogens with zero attached hydrogens (tertiary/aromatic N) is 3. The van der Waals surface area contributed by atoms with Gasteiger partial charge < -0.3 is 15.2 Å². The first-order chi connectivity index (χ1) is 22.0. The van der Waals surface area contributed by atoms with Crippen LogP contribution in [0.4, 0.5) is 17.6 Å². The number of hydrogen-bond acceptors (Lipinski definition) is 6. The van der Waals surface area contributed by atoms with Crippen LogP contribution in [0.5, 0.6) is 5.75 Å². The quantitative estimate of drug-likeness (QED) is 0.275. The molecule has 1 aromatic heterocycles. The third-order valence-electron chi connectivity index (χ3n) is 9.07. The smallest absolute Gasteiger partial charge is 0.416 e. The molecular formula is C34H34F4N4O4. The second-order valence-electron chi connectivity index (χ2n) is 11.8. The molecule has 1 spiro atoms. The highest BCUT2D eigenvalue weighted by molar-refractivity contribution is 5.36. The second-order valence-corrected chi connectivity index (χ2v) is 11.8. The van der Waals surface area contributed by atoms with E-state index < -0.39 is 52.6 Å². The summed E-state index contributed by atoms with van der Waals surface area (Å²) in [5, 5.41) is 0. The van der Waals surface area contributed by atoms with Crippen molar-refractivity contribution < 1.29 is 27.0 Å². The molecule has 2 aliphatic heterocycles. The lowest BCUT2D eigenvalue weighted by Crippen LogP contribution is -2.49. The molecule has 1 atom stereocenters. The number of nitrogens with two attached hydrogens (primary N) is 1. The minimum atomic E-state index is -4.86. The van der Waals surface area contributed by atoms with Crippen LogP contribution in [0.25, 0.3) is 0 Å². The zero-order valence-electron chi connectivity index (χ0n) is 25.2. The number of fused-ring (bicyclic) bond motifs is 2. The highest BCUT2D eigenvalue weighted by Crippen LogP contribution is 2.43. The van der Waals surface area contributed by atoms with Crippen molar-refractivity contribution >= 4 is 0 Å². The van der Waals surface area contributed by atoms with Gasteiger partial charge in [-0.15, -0.1) is 0 Å². The number of piperidine rings is 1. The van der Waals surface area contributed by atoms with Crippen LogP contribution in [0.3, 0.4) is 0 Å². The van der Waals surface area contributed by atoms with E-state index in [1.54, 1.807) is 37.4 Å². The van der Waals surface area contributed by atoms with E-state index >= 15 is 4.39 Å². The average Bonchev–Trinajstić information content (AvgIpc) is 3.41. The topological polar surface area (TPSA) is 91.7 Å². The summed E-state index contributed by atoms with van der Waals surface area (Å²) in [5.74, 6) is -0.342. The van der Waals surface area contributed by atoms with Crippen LogP contribution >= 0.6 is 0 Å². The molecule has 6 rings (SSSR count). The number of methoxy groups -OCH3 is 1. The molecule has 46 heavy (non-hydrogen) atoms. The van der Waals surface area contributed by atoms with Crippen molar-refractivity contribution in [3.8, 4) is 5.75 Å². The molecule has 0 aliphatic carbocycles. The van der Waals surface area contributed by atoms with Gasteiger partial charge in [0.05, 0.1) is 43.6 Å². The Morgan fingerprint density at radius 1 is 0.935 bits per heavy atom. The van der Waals surface area contributed by atoms with Crippen LogP contribution < -0.4 is 21.7 Å². The van der Waals surface area contributed by atoms with E-state index in [2.05, 4.69) is 4.90 Å². The lowest BCUT2D eigenvalue weighted by Gasteiger charge is -2.39. The minimum Gasteiger partial charge on any atom is -0.496 e. The Hall–Kier alpha value is -4.26. The number of aromatic nitrogens is 2. The summed E-state index contributed by atoms with van der Waals surface area (Å²) in [6, 6.07) is 18.5. The van der Waals surface area contributed by atoms with E-state index in [1.165, 1.54) is 0 Å². The summed E-state index contributed by atoms with van der Waals surface area (Å²) in [6.07, 6.45) is -4.05. The monoisotopic (exact) mass is 638 g/mol. The van der Waals surface area contributed by atoms with Crippen LogP contribution in [0.15, 0.2) is 82.4 Å². The highest BCUT2D eigenvalue weighted by atomic mass is 19.4. The molecule has 3 heterocycles. The predicted octanol–water partition coefficient (Wildman–Crippen LogP) is 4.95. The largest absolute Gasteiger partial charge is 0.496 e. The maximum Gasteiger partial charge on any atom is 0.416 e. The SMILES string of the molecule is COc1ccccc1CN1CCC2(CC1)OCc1c2c(=O)n(C[C@H](N)c2ccccc2)c(=O)n1Cc1c(F)cccc1C(F)(F)F. The first kappa shape index (κ1) is 31.7. The lowest BCUT2D eigenvalue weighted by molar-refractivity contribution is -0.138. The van der Waals surface area contributed by atoms with E-state index in [-0.39, 0.29) is 24.4 Å². The Kier molecular flexibility index (Phi) is 8.62. The summed E-state index contributed by atoms with van der Waals surface area (Å²) in [6.45, 7) is 0.567. The van der Waals surface area contributed by atoms with Crippen molar-refractivity contribution in [2.24, 2.45) is 5.73 Å². The van der Waals surface area contributed by atoms with Gasteiger partial charge in [-0.1, -0.05) is 54.6 Å². The van der Waals surface area contributed by atoms with E-state index in [1.807, 2.05) is 24.3 Å². The Labute approximate surface area is 262 Å². The Morgan fingerprint density at radius 3 is 2.33 bits per heavy atom. The molecule has 8 nitrogen and oxygen atoms in total. The van der Waals surface area contributed by atoms with Crippen LogP contribution in [0, 0.1) is 5.82 Å². The third kappa shape index (κ3) is 5.88. The van der Waals surface area contributed by atoms with Gasteiger partial charge in [0.1, 0.15) is 17.2 Å². The van der Waals surface area contributed by atoms with Gasteiger partial charge in [-0.05, 0) is 36.6 Å². The van der Waals surface area contributed by atoms with E-state index in [4.69, 9.17) is 15.2 Å². The summed E-state index contributed by atoms with van der Waals surface area (Å²) < 4.78 is 70.8. The van der Waals surface area contributed by atoms with Gasteiger partial charge in [0.25, 0.3) is 5.56 Å². The van der Waals surface area contributed by atoms with Crippen molar-refractivity contribution in [2.75, 3.05) is 20.2 Å². The van der Waals surface area contributed by atoms with Gasteiger partial charge in [0.2, 0.25) is 0 Å². The fourth-order valence-corrected chi connectivity index (χ4v) is 6.64. The molecule has 3 aromatic carbocycles. The molecule has 12 heteroatoms. The van der Waals surface area contributed by atoms with Crippen molar-refractivity contribution in [1.29, 1.82) is 0 Å². The molecule has 1 saturated heterocycles. The Bertz CT molecular complexity index is 1850. The first-order valence-corrected chi connectivity index (χ1v) is 15.0. The fraction of sp³-hybridized carbons (Fsp3) is 0.353. The fourth-order valence-electron chi connectivity index (χ4n) is 6.64. The molecule has 0 unspecified atom stereocenters. The number of hydrogen-bond donors (Lipinski definition) is 1. The van der Waals surface area contributed by atoms with E-state index in [0.29, 0.717) is 38.0 Å². The zero-order chi connectivity index (χ0) is 32.6. The van der Waals surface area contributed by atoms with E-state index in [0.717, 1.165) is 38.6 Å². The van der Waals surface area contributed by atoms with Crippen molar-refractivity contribution in [3.63, 3.8) is 0 Å². The van der Waals surface area contributed by atoms with Crippen molar-refractivity contribution in [3.05, 3.63) is 133 Å². The molecule has 0 radical (unpaired) electrons. The van der Waals surface area contributed by atoms with Gasteiger partial charge in [-0.3, -0.25) is 18.8 Å². The number of benzene rings is 3. The Balaban J connectivity index is 1.41. The molecule has 242 valence electrons. The Morgan fingerprint density at radius 2 is 1.63 bits per heavy atom. The predicted molar refractivity (Wildman–Crippen MR) is 163 cm³/mol. The van der Waals surface area contributed by atoms with Crippen molar-refractivity contribution in [1.82, 2.24) is 14.0 Å². The minimum absolute atomic E-state index is 0.161. The average molecular weight is 639 g/mol. The van der Waals surface area contributed by atoms with Crippen molar-refractivity contribution in [2.45, 2.75) is 56.9 Å². The van der Waals surface area contributed by atoms with Gasteiger partial charge in [-0.2, -0.15) is 13.2 Å². The molecule has 2 N–H and O–H groups in total. The van der Waals surface area contributed by atoms with Gasteiger partial charge >= 0.3 is 11.9 Å². The summed E-state index contributed by atoms with van der Waals surface area (Å²) in [4.78, 5) is 30.4. The normalized spacial score (nSPS) is 16.8. The molecule has 1 fully saturated rings.